The van der Waals surface area contributed by atoms with Crippen molar-refractivity contribution in [2.24, 2.45) is 10.7 Å². The summed E-state index contributed by atoms with van der Waals surface area (Å²) in [7, 11) is 1.88. The fourth-order valence-electron chi connectivity index (χ4n) is 2.25. The lowest BCUT2D eigenvalue weighted by molar-refractivity contribution is 0.495. The van der Waals surface area contributed by atoms with Gasteiger partial charge in [-0.05, 0) is 35.7 Å². The van der Waals surface area contributed by atoms with E-state index in [-0.39, 0.29) is 0 Å². The summed E-state index contributed by atoms with van der Waals surface area (Å²) in [5.74, 6) is 0.388. The number of hydrogen-bond donors (Lipinski definition) is 1. The Kier molecular flexibility index (Phi) is 5.53. The number of anilines is 1. The number of halogens is 1. The van der Waals surface area contributed by atoms with Crippen molar-refractivity contribution in [1.82, 2.24) is 0 Å². The summed E-state index contributed by atoms with van der Waals surface area (Å²) in [5.41, 5.74) is 9.94. The fourth-order valence-corrected chi connectivity index (χ4v) is 2.25. The Morgan fingerprint density at radius 1 is 1.18 bits per heavy atom. The maximum absolute atomic E-state index is 12.6. The quantitative estimate of drug-likeness (QED) is 0.673. The largest absolute Gasteiger partial charge is 0.369 e. The normalized spacial score (nSPS) is 11.5. The molecule has 0 bridgehead atoms. The number of aryl methyl sites for hydroxylation is 2. The lowest BCUT2D eigenvalue weighted by Gasteiger charge is -2.19. The van der Waals surface area contributed by atoms with Crippen LogP contribution in [0.1, 0.15) is 18.1 Å². The number of nitrogens with zero attached hydrogens (tertiary/aromatic N) is 2. The van der Waals surface area contributed by atoms with E-state index in [0.29, 0.717) is 12.4 Å². The minimum Gasteiger partial charge on any atom is -0.369 e. The average Bonchev–Trinajstić information content (AvgIpc) is 2.56. The van der Waals surface area contributed by atoms with E-state index in [1.807, 2.05) is 48.3 Å². The van der Waals surface area contributed by atoms with Crippen molar-refractivity contribution in [2.75, 3.05) is 18.6 Å². The number of rotatable bonds is 5. The highest BCUT2D eigenvalue weighted by molar-refractivity contribution is 5.96. The summed E-state index contributed by atoms with van der Waals surface area (Å²) < 4.78 is 12.6. The zero-order valence-corrected chi connectivity index (χ0v) is 13.1. The Labute approximate surface area is 131 Å². The molecule has 0 aliphatic heterocycles. The molecule has 0 saturated heterocycles. The molecule has 0 saturated carbocycles. The first-order chi connectivity index (χ1) is 10.7. The van der Waals surface area contributed by atoms with Crippen LogP contribution >= 0.6 is 0 Å². The fraction of sp³-hybridized carbons (Fsp3) is 0.278. The van der Waals surface area contributed by atoms with Crippen molar-refractivity contribution in [2.45, 2.75) is 19.8 Å². The molecule has 3 nitrogen and oxygen atoms in total. The van der Waals surface area contributed by atoms with Crippen molar-refractivity contribution in [3.05, 3.63) is 59.7 Å². The summed E-state index contributed by atoms with van der Waals surface area (Å²) in [6.45, 7) is 1.71. The van der Waals surface area contributed by atoms with Crippen LogP contribution in [-0.2, 0) is 12.8 Å². The Balaban J connectivity index is 2.28. The molecule has 0 fully saturated rings. The first-order valence-corrected chi connectivity index (χ1v) is 7.46. The first-order valence-electron chi connectivity index (χ1n) is 7.46. The second-order valence-electron chi connectivity index (χ2n) is 5.12. The molecule has 0 amide bonds. The Morgan fingerprint density at radius 3 is 2.68 bits per heavy atom. The predicted octanol–water partition coefficient (Wildman–Crippen LogP) is 3.84. The predicted molar refractivity (Wildman–Crippen MR) is 91.6 cm³/mol. The second-order valence-corrected chi connectivity index (χ2v) is 5.12. The number of guanidine groups is 1. The van der Waals surface area contributed by atoms with Crippen molar-refractivity contribution < 1.29 is 4.39 Å². The molecule has 0 aromatic heterocycles. The van der Waals surface area contributed by atoms with Crippen LogP contribution in [0, 0.1) is 0 Å². The van der Waals surface area contributed by atoms with Crippen molar-refractivity contribution >= 4 is 17.3 Å². The van der Waals surface area contributed by atoms with E-state index in [1.54, 1.807) is 0 Å². The zero-order valence-electron chi connectivity index (χ0n) is 13.1. The van der Waals surface area contributed by atoms with E-state index in [2.05, 4.69) is 24.0 Å². The zero-order chi connectivity index (χ0) is 15.9. The molecule has 2 aromatic rings. The van der Waals surface area contributed by atoms with E-state index >= 15 is 0 Å². The molecule has 22 heavy (non-hydrogen) atoms. The summed E-state index contributed by atoms with van der Waals surface area (Å²) in [6.07, 6.45) is 1.32. The smallest absolute Gasteiger partial charge is 0.200 e. The summed E-state index contributed by atoms with van der Waals surface area (Å²) in [5, 5.41) is 0. The van der Waals surface area contributed by atoms with Crippen LogP contribution in [0.3, 0.4) is 0 Å². The van der Waals surface area contributed by atoms with Gasteiger partial charge in [0.05, 0.1) is 12.4 Å². The van der Waals surface area contributed by atoms with Gasteiger partial charge in [-0.25, -0.2) is 4.99 Å². The third-order valence-electron chi connectivity index (χ3n) is 3.64. The number of aliphatic imine (C=N–C) groups is 1. The first kappa shape index (κ1) is 16.0. The van der Waals surface area contributed by atoms with Gasteiger partial charge in [0.1, 0.15) is 0 Å². The van der Waals surface area contributed by atoms with E-state index in [4.69, 9.17) is 5.73 Å². The maximum Gasteiger partial charge on any atom is 0.200 e. The molecule has 2 aromatic carbocycles. The van der Waals surface area contributed by atoms with Gasteiger partial charge < -0.3 is 10.6 Å². The molecule has 0 aliphatic rings. The van der Waals surface area contributed by atoms with Gasteiger partial charge in [-0.3, -0.25) is 4.39 Å². The third kappa shape index (κ3) is 3.85. The van der Waals surface area contributed by atoms with Gasteiger partial charge in [0.25, 0.3) is 0 Å². The minimum atomic E-state index is -0.402. The molecule has 0 atom stereocenters. The molecule has 116 valence electrons. The Hall–Kier alpha value is -2.36. The average molecular weight is 299 g/mol. The SMILES string of the molecule is CCc1cccc(N(C)C(N)=Nc2ccccc2CCF)c1. The van der Waals surface area contributed by atoms with Crippen LogP contribution in [0.4, 0.5) is 15.8 Å². The lowest BCUT2D eigenvalue weighted by Crippen LogP contribution is -2.33. The maximum atomic E-state index is 12.6. The van der Waals surface area contributed by atoms with Crippen LogP contribution in [0.5, 0.6) is 0 Å². The van der Waals surface area contributed by atoms with E-state index in [1.165, 1.54) is 5.56 Å². The molecule has 4 heteroatoms. The molecule has 0 aliphatic carbocycles. The van der Waals surface area contributed by atoms with Crippen LogP contribution in [-0.4, -0.2) is 19.7 Å². The molecule has 0 heterocycles. The van der Waals surface area contributed by atoms with Gasteiger partial charge in [0.2, 0.25) is 5.96 Å². The monoisotopic (exact) mass is 299 g/mol. The number of hydrogen-bond acceptors (Lipinski definition) is 1. The number of benzene rings is 2. The van der Waals surface area contributed by atoms with E-state index in [9.17, 15) is 4.39 Å². The summed E-state index contributed by atoms with van der Waals surface area (Å²) in [4.78, 5) is 6.30. The molecular formula is C18H22FN3. The highest BCUT2D eigenvalue weighted by atomic mass is 19.1. The van der Waals surface area contributed by atoms with Gasteiger partial charge in [-0.2, -0.15) is 0 Å². The Bertz CT molecular complexity index is 652. The van der Waals surface area contributed by atoms with Crippen LogP contribution in [0.2, 0.25) is 0 Å². The van der Waals surface area contributed by atoms with Crippen molar-refractivity contribution in [3.8, 4) is 0 Å². The molecule has 0 unspecified atom stereocenters. The highest BCUT2D eigenvalue weighted by Gasteiger charge is 2.07. The number of alkyl halides is 1. The van der Waals surface area contributed by atoms with E-state index < -0.39 is 6.67 Å². The van der Waals surface area contributed by atoms with Gasteiger partial charge in [-0.15, -0.1) is 0 Å². The summed E-state index contributed by atoms with van der Waals surface area (Å²) in [6, 6.07) is 15.7. The van der Waals surface area contributed by atoms with Gasteiger partial charge in [-0.1, -0.05) is 37.3 Å². The van der Waals surface area contributed by atoms with Crippen LogP contribution in [0.15, 0.2) is 53.5 Å². The lowest BCUT2D eigenvalue weighted by atomic mass is 10.1. The number of nitrogens with two attached hydrogens (primary N) is 1. The molecule has 0 spiro atoms. The van der Waals surface area contributed by atoms with Crippen molar-refractivity contribution in [1.29, 1.82) is 0 Å². The van der Waals surface area contributed by atoms with Gasteiger partial charge >= 0.3 is 0 Å². The minimum absolute atomic E-state index is 0.349. The topological polar surface area (TPSA) is 41.6 Å². The standard InChI is InChI=1S/C18H22FN3/c1-3-14-7-6-9-16(13-14)22(2)18(20)21-17-10-5-4-8-15(17)11-12-19/h4-10,13H,3,11-12H2,1-2H3,(H2,20,21). The second kappa shape index (κ2) is 7.59. The highest BCUT2D eigenvalue weighted by Crippen LogP contribution is 2.21. The molecular weight excluding hydrogens is 277 g/mol. The van der Waals surface area contributed by atoms with Gasteiger partial charge in [0, 0.05) is 19.2 Å². The van der Waals surface area contributed by atoms with Gasteiger partial charge in [0.15, 0.2) is 0 Å². The summed E-state index contributed by atoms with van der Waals surface area (Å²) >= 11 is 0. The molecule has 2 rings (SSSR count). The molecule has 0 radical (unpaired) electrons. The van der Waals surface area contributed by atoms with Crippen LogP contribution in [0.25, 0.3) is 0 Å². The molecule has 2 N–H and O–H groups in total. The third-order valence-corrected chi connectivity index (χ3v) is 3.64. The Morgan fingerprint density at radius 2 is 1.95 bits per heavy atom. The van der Waals surface area contributed by atoms with Crippen LogP contribution < -0.4 is 10.6 Å². The van der Waals surface area contributed by atoms with E-state index in [0.717, 1.165) is 23.4 Å². The number of para-hydroxylation sites is 1. The van der Waals surface area contributed by atoms with Crippen molar-refractivity contribution in [3.63, 3.8) is 0 Å².